The Morgan fingerprint density at radius 2 is 2.04 bits per heavy atom. The number of furan rings is 1. The Hall–Kier alpha value is -2.14. The van der Waals surface area contributed by atoms with E-state index in [0.717, 1.165) is 36.0 Å². The summed E-state index contributed by atoms with van der Waals surface area (Å²) < 4.78 is 8.48. The number of hydrogen-bond donors (Lipinski definition) is 1. The molecule has 4 rings (SSSR count). The number of para-hydroxylation sites is 1. The van der Waals surface area contributed by atoms with Gasteiger partial charge in [-0.2, -0.15) is 0 Å². The standard InChI is InChI=1S/C20H26N4O/c1-13(2)19(20-14(3)15-8-4-5-9-16(15)25-20)21-12-18-23-22-17-10-6-7-11-24(17)18/h4-5,8-9,13,19,21H,6-7,10-12H2,1-3H3/t19-/m1/s1. The molecule has 0 bridgehead atoms. The number of nitrogens with zero attached hydrogens (tertiary/aromatic N) is 3. The Morgan fingerprint density at radius 1 is 1.20 bits per heavy atom. The summed E-state index contributed by atoms with van der Waals surface area (Å²) in [7, 11) is 0. The van der Waals surface area contributed by atoms with Gasteiger partial charge in [0.05, 0.1) is 12.6 Å². The number of nitrogens with one attached hydrogen (secondary N) is 1. The molecule has 5 nitrogen and oxygen atoms in total. The van der Waals surface area contributed by atoms with E-state index in [2.05, 4.69) is 53.0 Å². The normalized spacial score (nSPS) is 15.7. The van der Waals surface area contributed by atoms with Gasteiger partial charge in [-0.1, -0.05) is 32.0 Å². The van der Waals surface area contributed by atoms with E-state index in [1.807, 2.05) is 12.1 Å². The molecular formula is C20H26N4O. The summed E-state index contributed by atoms with van der Waals surface area (Å²) >= 11 is 0. The van der Waals surface area contributed by atoms with Crippen molar-refractivity contribution >= 4 is 11.0 Å². The van der Waals surface area contributed by atoms with E-state index in [1.54, 1.807) is 0 Å². The van der Waals surface area contributed by atoms with Crippen LogP contribution in [0.25, 0.3) is 11.0 Å². The van der Waals surface area contributed by atoms with Crippen molar-refractivity contribution in [2.24, 2.45) is 5.92 Å². The second kappa shape index (κ2) is 6.64. The van der Waals surface area contributed by atoms with Crippen molar-refractivity contribution in [2.45, 2.75) is 59.2 Å². The van der Waals surface area contributed by atoms with E-state index in [-0.39, 0.29) is 6.04 Å². The molecule has 1 aliphatic heterocycles. The van der Waals surface area contributed by atoms with E-state index < -0.39 is 0 Å². The van der Waals surface area contributed by atoms with Crippen LogP contribution in [0.4, 0.5) is 0 Å². The quantitative estimate of drug-likeness (QED) is 0.759. The van der Waals surface area contributed by atoms with E-state index in [4.69, 9.17) is 4.42 Å². The van der Waals surface area contributed by atoms with Gasteiger partial charge in [-0.25, -0.2) is 0 Å². The molecule has 0 amide bonds. The monoisotopic (exact) mass is 338 g/mol. The highest BCUT2D eigenvalue weighted by atomic mass is 16.3. The van der Waals surface area contributed by atoms with Crippen molar-refractivity contribution in [3.63, 3.8) is 0 Å². The third kappa shape index (κ3) is 2.97. The van der Waals surface area contributed by atoms with Gasteiger partial charge in [0.1, 0.15) is 23.0 Å². The lowest BCUT2D eigenvalue weighted by Gasteiger charge is -2.22. The zero-order valence-corrected chi connectivity index (χ0v) is 15.2. The Labute approximate surface area is 148 Å². The highest BCUT2D eigenvalue weighted by Crippen LogP contribution is 2.33. The summed E-state index contributed by atoms with van der Waals surface area (Å²) in [5.41, 5.74) is 2.19. The van der Waals surface area contributed by atoms with Gasteiger partial charge in [-0.05, 0) is 37.3 Å². The van der Waals surface area contributed by atoms with Crippen LogP contribution in [0, 0.1) is 12.8 Å². The molecule has 2 aromatic heterocycles. The number of benzene rings is 1. The van der Waals surface area contributed by atoms with Crippen molar-refractivity contribution in [3.8, 4) is 0 Å². The van der Waals surface area contributed by atoms with Gasteiger partial charge in [-0.3, -0.25) is 0 Å². The van der Waals surface area contributed by atoms with E-state index >= 15 is 0 Å². The molecule has 0 fully saturated rings. The first-order valence-corrected chi connectivity index (χ1v) is 9.27. The summed E-state index contributed by atoms with van der Waals surface area (Å²) in [5.74, 6) is 3.62. The van der Waals surface area contributed by atoms with Gasteiger partial charge in [-0.15, -0.1) is 10.2 Å². The summed E-state index contributed by atoms with van der Waals surface area (Å²) in [4.78, 5) is 0. The van der Waals surface area contributed by atoms with Gasteiger partial charge < -0.3 is 14.3 Å². The SMILES string of the molecule is Cc1c([C@H](NCc2nnc3n2CCCC3)C(C)C)oc2ccccc12. The molecule has 0 saturated carbocycles. The number of aryl methyl sites for hydroxylation is 2. The molecule has 0 radical (unpaired) electrons. The van der Waals surface area contributed by atoms with Gasteiger partial charge in [0, 0.05) is 18.4 Å². The maximum atomic E-state index is 6.20. The molecule has 132 valence electrons. The maximum Gasteiger partial charge on any atom is 0.147 e. The number of fused-ring (bicyclic) bond motifs is 2. The van der Waals surface area contributed by atoms with Crippen LogP contribution in [0.1, 0.15) is 55.7 Å². The Kier molecular flexibility index (Phi) is 4.34. The molecule has 3 heterocycles. The lowest BCUT2D eigenvalue weighted by molar-refractivity contribution is 0.340. The van der Waals surface area contributed by atoms with E-state index in [9.17, 15) is 0 Å². The molecule has 1 aromatic carbocycles. The van der Waals surface area contributed by atoms with Crippen LogP contribution in [-0.2, 0) is 19.5 Å². The van der Waals surface area contributed by atoms with Crippen LogP contribution in [0.15, 0.2) is 28.7 Å². The maximum absolute atomic E-state index is 6.20. The highest BCUT2D eigenvalue weighted by Gasteiger charge is 2.24. The average molecular weight is 338 g/mol. The molecule has 25 heavy (non-hydrogen) atoms. The Balaban J connectivity index is 1.59. The van der Waals surface area contributed by atoms with Gasteiger partial charge in [0.2, 0.25) is 0 Å². The first-order chi connectivity index (χ1) is 12.1. The first kappa shape index (κ1) is 16.3. The van der Waals surface area contributed by atoms with Gasteiger partial charge in [0.15, 0.2) is 0 Å². The lowest BCUT2D eigenvalue weighted by Crippen LogP contribution is -2.27. The minimum absolute atomic E-state index is 0.156. The van der Waals surface area contributed by atoms with E-state index in [1.165, 1.54) is 23.8 Å². The van der Waals surface area contributed by atoms with Crippen molar-refractivity contribution < 1.29 is 4.42 Å². The number of aromatic nitrogens is 3. The molecule has 0 unspecified atom stereocenters. The zero-order chi connectivity index (χ0) is 17.4. The summed E-state index contributed by atoms with van der Waals surface area (Å²) in [6.07, 6.45) is 3.48. The van der Waals surface area contributed by atoms with Crippen LogP contribution >= 0.6 is 0 Å². The third-order valence-electron chi connectivity index (χ3n) is 5.25. The Bertz CT molecular complexity index is 877. The third-order valence-corrected chi connectivity index (χ3v) is 5.25. The topological polar surface area (TPSA) is 55.9 Å². The minimum atomic E-state index is 0.156. The average Bonchev–Trinajstić information content (AvgIpc) is 3.17. The largest absolute Gasteiger partial charge is 0.459 e. The summed E-state index contributed by atoms with van der Waals surface area (Å²) in [6, 6.07) is 8.41. The fourth-order valence-corrected chi connectivity index (χ4v) is 3.82. The first-order valence-electron chi connectivity index (χ1n) is 9.27. The molecule has 0 saturated heterocycles. The minimum Gasteiger partial charge on any atom is -0.459 e. The molecular weight excluding hydrogens is 312 g/mol. The predicted molar refractivity (Wildman–Crippen MR) is 98.3 cm³/mol. The molecule has 1 atom stereocenters. The van der Waals surface area contributed by atoms with Crippen LogP contribution in [0.5, 0.6) is 0 Å². The number of rotatable bonds is 5. The molecule has 0 aliphatic carbocycles. The number of hydrogen-bond acceptors (Lipinski definition) is 4. The lowest BCUT2D eigenvalue weighted by atomic mass is 9.98. The zero-order valence-electron chi connectivity index (χ0n) is 15.2. The molecule has 3 aromatic rings. The predicted octanol–water partition coefficient (Wildman–Crippen LogP) is 4.16. The van der Waals surface area contributed by atoms with Crippen LogP contribution in [-0.4, -0.2) is 14.8 Å². The molecule has 1 aliphatic rings. The van der Waals surface area contributed by atoms with Crippen LogP contribution in [0.2, 0.25) is 0 Å². The fourth-order valence-electron chi connectivity index (χ4n) is 3.82. The summed E-state index contributed by atoms with van der Waals surface area (Å²) in [6.45, 7) is 8.35. The molecule has 1 N–H and O–H groups in total. The Morgan fingerprint density at radius 3 is 2.84 bits per heavy atom. The van der Waals surface area contributed by atoms with E-state index in [0.29, 0.717) is 12.5 Å². The molecule has 5 heteroatoms. The van der Waals surface area contributed by atoms with Crippen molar-refractivity contribution in [2.75, 3.05) is 0 Å². The summed E-state index contributed by atoms with van der Waals surface area (Å²) in [5, 5.41) is 13.6. The molecule has 0 spiro atoms. The highest BCUT2D eigenvalue weighted by molar-refractivity contribution is 5.82. The second-order valence-corrected chi connectivity index (χ2v) is 7.33. The second-order valence-electron chi connectivity index (χ2n) is 7.33. The van der Waals surface area contributed by atoms with Crippen molar-refractivity contribution in [1.29, 1.82) is 0 Å². The smallest absolute Gasteiger partial charge is 0.147 e. The fraction of sp³-hybridized carbons (Fsp3) is 0.500. The van der Waals surface area contributed by atoms with Crippen molar-refractivity contribution in [1.82, 2.24) is 20.1 Å². The van der Waals surface area contributed by atoms with Gasteiger partial charge >= 0.3 is 0 Å². The van der Waals surface area contributed by atoms with Crippen molar-refractivity contribution in [3.05, 3.63) is 47.2 Å². The van der Waals surface area contributed by atoms with Crippen LogP contribution in [0.3, 0.4) is 0 Å². The van der Waals surface area contributed by atoms with Gasteiger partial charge in [0.25, 0.3) is 0 Å². The van der Waals surface area contributed by atoms with Crippen LogP contribution < -0.4 is 5.32 Å².